The first kappa shape index (κ1) is 42.9. The van der Waals surface area contributed by atoms with Gasteiger partial charge in [0.2, 0.25) is 0 Å². The Hall–Kier alpha value is -4.47. The maximum Gasteiger partial charge on any atom is 0.127 e. The number of aliphatic hydroxyl groups excluding tert-OH is 1. The van der Waals surface area contributed by atoms with E-state index in [1.807, 2.05) is 19.1 Å². The van der Waals surface area contributed by atoms with Gasteiger partial charge in [-0.1, -0.05) is 144 Å². The minimum absolute atomic E-state index is 0.0900. The van der Waals surface area contributed by atoms with Gasteiger partial charge >= 0.3 is 0 Å². The maximum atomic E-state index is 8.95. The molecule has 3 heteroatoms. The monoisotopic (exact) mass is 726 g/mol. The molecule has 1 atom stereocenters. The summed E-state index contributed by atoms with van der Waals surface area (Å²) in [5.74, 6) is 2.07. The van der Waals surface area contributed by atoms with Gasteiger partial charge in [0, 0.05) is 15.2 Å². The summed E-state index contributed by atoms with van der Waals surface area (Å²) in [6.45, 7) is 23.2. The van der Waals surface area contributed by atoms with Crippen molar-refractivity contribution >= 4 is 11.8 Å². The molecule has 2 nitrogen and oxygen atoms in total. The van der Waals surface area contributed by atoms with Crippen LogP contribution in [0.4, 0.5) is 0 Å². The van der Waals surface area contributed by atoms with E-state index in [1.165, 1.54) is 49.6 Å². The van der Waals surface area contributed by atoms with Gasteiger partial charge < -0.3 is 9.84 Å². The number of hydrogen-bond donors (Lipinski definition) is 1. The quantitative estimate of drug-likeness (QED) is 0.183. The van der Waals surface area contributed by atoms with Crippen LogP contribution in [0.3, 0.4) is 0 Å². The lowest BCUT2D eigenvalue weighted by atomic mass is 9.74. The Bertz CT molecular complexity index is 1820. The molecule has 0 spiro atoms. The number of hydrogen-bond acceptors (Lipinski definition) is 3. The van der Waals surface area contributed by atoms with E-state index in [-0.39, 0.29) is 10.8 Å². The Balaban J connectivity index is 0.000000394. The molecular weight excluding hydrogens is 665 g/mol. The van der Waals surface area contributed by atoms with Gasteiger partial charge in [0.15, 0.2) is 0 Å². The first-order chi connectivity index (χ1) is 25.4. The predicted octanol–water partition coefficient (Wildman–Crippen LogP) is 15.5. The van der Waals surface area contributed by atoms with Gasteiger partial charge in [0.05, 0.1) is 0 Å². The largest absolute Gasteiger partial charge is 0.508 e. The maximum absolute atomic E-state index is 8.95. The van der Waals surface area contributed by atoms with Gasteiger partial charge in [-0.2, -0.15) is 0 Å². The Morgan fingerprint density at radius 1 is 0.811 bits per heavy atom. The van der Waals surface area contributed by atoms with Crippen LogP contribution in [0.5, 0.6) is 11.5 Å². The molecule has 280 valence electrons. The molecule has 0 radical (unpaired) electrons. The van der Waals surface area contributed by atoms with E-state index >= 15 is 0 Å². The van der Waals surface area contributed by atoms with E-state index in [0.717, 1.165) is 37.2 Å². The van der Waals surface area contributed by atoms with Crippen molar-refractivity contribution in [2.75, 3.05) is 0 Å². The zero-order valence-corrected chi connectivity index (χ0v) is 34.5. The second kappa shape index (κ2) is 21.3. The van der Waals surface area contributed by atoms with E-state index in [4.69, 9.17) is 9.84 Å². The van der Waals surface area contributed by atoms with Crippen LogP contribution in [0.25, 0.3) is 0 Å². The standard InChI is InChI=1S/C35H36OS.C8H10O.C4H8.C3H8/c1-6-26-24-25-10-8-9-11-33(25)35(26,5)28-12-16-29(17-13-28)36-30-18-22-32(23-19-30)37-31-20-14-27(15-21-31)34(3,4)7-2;1-7-3-2-4-8(9)6-5-7;1-3-4-2;1-3-2/h6,8-23H,7,24H2,1-5H3;3-6,9H,2H2,1H3;3H,1,4H2,2H3;3H2,1-2H3/b26-6+;;;. The van der Waals surface area contributed by atoms with E-state index in [2.05, 4.69) is 171 Å². The summed E-state index contributed by atoms with van der Waals surface area (Å²) in [6, 6.07) is 34.8. The Morgan fingerprint density at radius 3 is 1.91 bits per heavy atom. The number of allylic oxidation sites excluding steroid dienone is 8. The van der Waals surface area contributed by atoms with Crippen LogP contribution in [0, 0.1) is 0 Å². The summed E-state index contributed by atoms with van der Waals surface area (Å²) in [7, 11) is 0. The lowest BCUT2D eigenvalue weighted by Gasteiger charge is -2.29. The normalized spacial score (nSPS) is 16.6. The first-order valence-electron chi connectivity index (χ1n) is 19.2. The van der Waals surface area contributed by atoms with Gasteiger partial charge in [-0.15, -0.1) is 6.58 Å². The van der Waals surface area contributed by atoms with Crippen LogP contribution in [-0.4, -0.2) is 5.11 Å². The topological polar surface area (TPSA) is 29.5 Å². The van der Waals surface area contributed by atoms with Crippen LogP contribution >= 0.6 is 11.8 Å². The number of aliphatic hydroxyl groups is 1. The summed E-state index contributed by atoms with van der Waals surface area (Å²) in [5, 5.41) is 8.95. The second-order valence-electron chi connectivity index (χ2n) is 14.3. The molecule has 0 aliphatic heterocycles. The molecule has 0 bridgehead atoms. The fourth-order valence-corrected chi connectivity index (χ4v) is 6.87. The Labute approximate surface area is 326 Å². The van der Waals surface area contributed by atoms with Crippen molar-refractivity contribution in [3.63, 3.8) is 0 Å². The molecule has 0 aromatic heterocycles. The Kier molecular flexibility index (Phi) is 17.2. The van der Waals surface area contributed by atoms with Gasteiger partial charge in [-0.3, -0.25) is 0 Å². The number of benzene rings is 4. The van der Waals surface area contributed by atoms with Gasteiger partial charge in [0.1, 0.15) is 17.3 Å². The highest BCUT2D eigenvalue weighted by molar-refractivity contribution is 7.99. The van der Waals surface area contributed by atoms with Crippen molar-refractivity contribution in [1.29, 1.82) is 0 Å². The molecule has 4 aromatic carbocycles. The average Bonchev–Trinajstić information content (AvgIpc) is 3.34. The first-order valence-corrected chi connectivity index (χ1v) is 20.0. The van der Waals surface area contributed by atoms with Crippen molar-refractivity contribution in [2.45, 2.75) is 115 Å². The average molecular weight is 727 g/mol. The number of fused-ring (bicyclic) bond motifs is 1. The van der Waals surface area contributed by atoms with Crippen LogP contribution in [-0.2, 0) is 17.3 Å². The molecule has 4 aromatic rings. The molecular formula is C50H62O2S. The SMILES string of the molecule is C/C=C1\Cc2ccccc2C1(C)c1ccc(Oc2ccc(Sc3ccc(C(C)(C)CC)cc3)cc2)cc1.C=CCC.CC1=CCC=C(O)C=C1.CCC. The van der Waals surface area contributed by atoms with Crippen LogP contribution < -0.4 is 4.74 Å². The second-order valence-corrected chi connectivity index (χ2v) is 15.4. The molecule has 0 amide bonds. The summed E-state index contributed by atoms with van der Waals surface area (Å²) >= 11 is 1.78. The van der Waals surface area contributed by atoms with E-state index < -0.39 is 0 Å². The van der Waals surface area contributed by atoms with Crippen molar-refractivity contribution in [3.05, 3.63) is 179 Å². The van der Waals surface area contributed by atoms with E-state index in [0.29, 0.717) is 5.76 Å². The highest BCUT2D eigenvalue weighted by atomic mass is 32.2. The predicted molar refractivity (Wildman–Crippen MR) is 232 cm³/mol. The van der Waals surface area contributed by atoms with Crippen molar-refractivity contribution in [2.24, 2.45) is 0 Å². The van der Waals surface area contributed by atoms with Gasteiger partial charge in [0.25, 0.3) is 0 Å². The van der Waals surface area contributed by atoms with Crippen molar-refractivity contribution in [1.82, 2.24) is 0 Å². The Morgan fingerprint density at radius 2 is 1.36 bits per heavy atom. The molecule has 2 aliphatic carbocycles. The summed E-state index contributed by atoms with van der Waals surface area (Å²) < 4.78 is 6.20. The third-order valence-electron chi connectivity index (χ3n) is 9.75. The van der Waals surface area contributed by atoms with Crippen LogP contribution in [0.1, 0.15) is 110 Å². The minimum Gasteiger partial charge on any atom is -0.508 e. The molecule has 0 saturated heterocycles. The highest BCUT2D eigenvalue weighted by Gasteiger charge is 2.39. The fourth-order valence-electron chi connectivity index (χ4n) is 6.05. The fraction of sp³-hybridized carbons (Fsp3) is 0.320. The summed E-state index contributed by atoms with van der Waals surface area (Å²) in [5.41, 5.74) is 8.32. The molecule has 0 heterocycles. The van der Waals surface area contributed by atoms with Crippen LogP contribution in [0.2, 0.25) is 0 Å². The number of rotatable bonds is 8. The third-order valence-corrected chi connectivity index (χ3v) is 10.8. The highest BCUT2D eigenvalue weighted by Crippen LogP contribution is 2.47. The van der Waals surface area contributed by atoms with Crippen LogP contribution in [0.15, 0.2) is 167 Å². The third kappa shape index (κ3) is 12.3. The summed E-state index contributed by atoms with van der Waals surface area (Å²) in [6.07, 6.45) is 16.9. The molecule has 6 rings (SSSR count). The van der Waals surface area contributed by atoms with Gasteiger partial charge in [-0.25, -0.2) is 0 Å². The summed E-state index contributed by atoms with van der Waals surface area (Å²) in [4.78, 5) is 2.46. The molecule has 0 fully saturated rings. The minimum atomic E-state index is -0.0900. The smallest absolute Gasteiger partial charge is 0.127 e. The molecule has 1 N–H and O–H groups in total. The van der Waals surface area contributed by atoms with E-state index in [1.54, 1.807) is 23.9 Å². The molecule has 0 saturated carbocycles. The van der Waals surface area contributed by atoms with Gasteiger partial charge in [-0.05, 0) is 135 Å². The van der Waals surface area contributed by atoms with Crippen molar-refractivity contribution in [3.8, 4) is 11.5 Å². The zero-order valence-electron chi connectivity index (χ0n) is 33.7. The number of ether oxygens (including phenoxy) is 1. The zero-order chi connectivity index (χ0) is 38.9. The molecule has 53 heavy (non-hydrogen) atoms. The lowest BCUT2D eigenvalue weighted by Crippen LogP contribution is -2.22. The van der Waals surface area contributed by atoms with Crippen molar-refractivity contribution < 1.29 is 9.84 Å². The van der Waals surface area contributed by atoms with E-state index in [9.17, 15) is 0 Å². The molecule has 1 unspecified atom stereocenters. The molecule has 2 aliphatic rings. The lowest BCUT2D eigenvalue weighted by molar-refractivity contribution is 0.431.